The zero-order valence-electron chi connectivity index (χ0n) is 13.9. The fourth-order valence-corrected chi connectivity index (χ4v) is 2.60. The first-order valence-electron chi connectivity index (χ1n) is 7.95. The van der Waals surface area contributed by atoms with Crippen LogP contribution in [0, 0.1) is 11.7 Å². The number of hydrogen-bond acceptors (Lipinski definition) is 2. The molecule has 0 aliphatic rings. The van der Waals surface area contributed by atoms with Gasteiger partial charge in [-0.15, -0.1) is 0 Å². The van der Waals surface area contributed by atoms with Crippen LogP contribution in [0.25, 0.3) is 0 Å². The first-order chi connectivity index (χ1) is 11.5. The van der Waals surface area contributed by atoms with Crippen LogP contribution in [0.5, 0.6) is 0 Å². The van der Waals surface area contributed by atoms with E-state index in [1.807, 2.05) is 24.3 Å². The minimum absolute atomic E-state index is 0.0684. The Hall–Kier alpha value is -1.91. The summed E-state index contributed by atoms with van der Waals surface area (Å²) in [7, 11) is 0. The number of benzene rings is 2. The molecule has 3 nitrogen and oxygen atoms in total. The molecule has 0 heterocycles. The maximum absolute atomic E-state index is 12.9. The van der Waals surface area contributed by atoms with Gasteiger partial charge in [-0.05, 0) is 41.3 Å². The second-order valence-electron chi connectivity index (χ2n) is 6.06. The van der Waals surface area contributed by atoms with E-state index in [2.05, 4.69) is 24.5 Å². The van der Waals surface area contributed by atoms with E-state index in [0.717, 1.165) is 11.1 Å². The number of rotatable bonds is 7. The summed E-state index contributed by atoms with van der Waals surface area (Å²) in [6, 6.07) is 13.8. The van der Waals surface area contributed by atoms with Crippen molar-refractivity contribution in [2.24, 2.45) is 5.92 Å². The Kier molecular flexibility index (Phi) is 6.76. The lowest BCUT2D eigenvalue weighted by atomic mass is 9.96. The lowest BCUT2D eigenvalue weighted by molar-refractivity contribution is -0.120. The van der Waals surface area contributed by atoms with Gasteiger partial charge < -0.3 is 10.6 Å². The van der Waals surface area contributed by atoms with Crippen LogP contribution >= 0.6 is 11.6 Å². The summed E-state index contributed by atoms with van der Waals surface area (Å²) in [4.78, 5) is 12.0. The number of carbonyl (C=O) groups is 1. The molecule has 2 aromatic rings. The van der Waals surface area contributed by atoms with Crippen LogP contribution in [-0.2, 0) is 11.3 Å². The van der Waals surface area contributed by atoms with Crippen LogP contribution in [0.15, 0.2) is 48.5 Å². The summed E-state index contributed by atoms with van der Waals surface area (Å²) in [5.74, 6) is -0.0514. The predicted molar refractivity (Wildman–Crippen MR) is 95.3 cm³/mol. The maximum Gasteiger partial charge on any atom is 0.234 e. The monoisotopic (exact) mass is 348 g/mol. The SMILES string of the molecule is CC(C)[C@H](NCC(=O)NCc1ccc(F)cc1)c1ccc(Cl)cc1. The Morgan fingerprint density at radius 1 is 1.08 bits per heavy atom. The average Bonchev–Trinajstić information content (AvgIpc) is 2.56. The summed E-state index contributed by atoms with van der Waals surface area (Å²) in [5, 5.41) is 6.81. The molecule has 0 aliphatic carbocycles. The smallest absolute Gasteiger partial charge is 0.234 e. The van der Waals surface area contributed by atoms with Gasteiger partial charge in [0.05, 0.1) is 6.54 Å². The van der Waals surface area contributed by atoms with Gasteiger partial charge in [0, 0.05) is 17.6 Å². The predicted octanol–water partition coefficient (Wildman–Crippen LogP) is 4.08. The van der Waals surface area contributed by atoms with E-state index in [1.54, 1.807) is 12.1 Å². The van der Waals surface area contributed by atoms with E-state index >= 15 is 0 Å². The van der Waals surface area contributed by atoms with Crippen molar-refractivity contribution in [1.82, 2.24) is 10.6 Å². The van der Waals surface area contributed by atoms with Gasteiger partial charge in [0.25, 0.3) is 0 Å². The molecule has 2 N–H and O–H groups in total. The zero-order valence-corrected chi connectivity index (χ0v) is 14.6. The van der Waals surface area contributed by atoms with Gasteiger partial charge >= 0.3 is 0 Å². The fraction of sp³-hybridized carbons (Fsp3) is 0.316. The van der Waals surface area contributed by atoms with Crippen molar-refractivity contribution in [2.75, 3.05) is 6.54 Å². The van der Waals surface area contributed by atoms with E-state index in [1.165, 1.54) is 12.1 Å². The van der Waals surface area contributed by atoms with E-state index < -0.39 is 0 Å². The highest BCUT2D eigenvalue weighted by Gasteiger charge is 2.16. The minimum Gasteiger partial charge on any atom is -0.351 e. The molecule has 2 rings (SSSR count). The van der Waals surface area contributed by atoms with Crippen molar-refractivity contribution >= 4 is 17.5 Å². The van der Waals surface area contributed by atoms with E-state index in [9.17, 15) is 9.18 Å². The van der Waals surface area contributed by atoms with Crippen LogP contribution in [-0.4, -0.2) is 12.5 Å². The first-order valence-corrected chi connectivity index (χ1v) is 8.33. The fourth-order valence-electron chi connectivity index (χ4n) is 2.48. The number of amides is 1. The molecule has 1 amide bonds. The Bertz CT molecular complexity index is 656. The lowest BCUT2D eigenvalue weighted by Crippen LogP contribution is -2.37. The standard InChI is InChI=1S/C19H22ClFN2O/c1-13(2)19(15-5-7-16(20)8-6-15)23-12-18(24)22-11-14-3-9-17(21)10-4-14/h3-10,13,19,23H,11-12H2,1-2H3,(H,22,24)/t19-/m0/s1. The van der Waals surface area contributed by atoms with Gasteiger partial charge in [0.15, 0.2) is 0 Å². The largest absolute Gasteiger partial charge is 0.351 e. The molecule has 0 aromatic heterocycles. The highest BCUT2D eigenvalue weighted by Crippen LogP contribution is 2.22. The summed E-state index contributed by atoms with van der Waals surface area (Å²) >= 11 is 5.92. The Labute approximate surface area is 147 Å². The van der Waals surface area contributed by atoms with Crippen molar-refractivity contribution < 1.29 is 9.18 Å². The third-order valence-corrected chi connectivity index (χ3v) is 4.03. The van der Waals surface area contributed by atoms with E-state index in [-0.39, 0.29) is 24.3 Å². The number of carbonyl (C=O) groups excluding carboxylic acids is 1. The van der Waals surface area contributed by atoms with Crippen LogP contribution in [0.1, 0.15) is 31.0 Å². The van der Waals surface area contributed by atoms with Crippen molar-refractivity contribution in [3.63, 3.8) is 0 Å². The summed E-state index contributed by atoms with van der Waals surface area (Å²) in [5.41, 5.74) is 1.96. The summed E-state index contributed by atoms with van der Waals surface area (Å²) in [6.07, 6.45) is 0. The van der Waals surface area contributed by atoms with Crippen LogP contribution in [0.2, 0.25) is 5.02 Å². The molecule has 24 heavy (non-hydrogen) atoms. The van der Waals surface area contributed by atoms with Gasteiger partial charge in [0.1, 0.15) is 5.82 Å². The van der Waals surface area contributed by atoms with Crippen molar-refractivity contribution in [1.29, 1.82) is 0 Å². The molecular weight excluding hydrogens is 327 g/mol. The van der Waals surface area contributed by atoms with E-state index in [0.29, 0.717) is 17.5 Å². The van der Waals surface area contributed by atoms with Crippen molar-refractivity contribution in [2.45, 2.75) is 26.4 Å². The maximum atomic E-state index is 12.9. The highest BCUT2D eigenvalue weighted by molar-refractivity contribution is 6.30. The minimum atomic E-state index is -0.283. The molecule has 0 spiro atoms. The molecule has 0 saturated carbocycles. The molecule has 128 valence electrons. The molecule has 0 bridgehead atoms. The normalized spacial score (nSPS) is 12.2. The first kappa shape index (κ1) is 18.4. The topological polar surface area (TPSA) is 41.1 Å². The Morgan fingerprint density at radius 2 is 1.71 bits per heavy atom. The van der Waals surface area contributed by atoms with Crippen LogP contribution in [0.3, 0.4) is 0 Å². The molecule has 0 radical (unpaired) electrons. The third kappa shape index (κ3) is 5.62. The number of hydrogen-bond donors (Lipinski definition) is 2. The molecule has 1 atom stereocenters. The van der Waals surface area contributed by atoms with Crippen LogP contribution < -0.4 is 10.6 Å². The van der Waals surface area contributed by atoms with Gasteiger partial charge in [-0.25, -0.2) is 4.39 Å². The molecule has 5 heteroatoms. The molecule has 0 saturated heterocycles. The Morgan fingerprint density at radius 3 is 2.29 bits per heavy atom. The van der Waals surface area contributed by atoms with E-state index in [4.69, 9.17) is 11.6 Å². The molecule has 0 unspecified atom stereocenters. The quantitative estimate of drug-likeness (QED) is 0.791. The van der Waals surface area contributed by atoms with Gasteiger partial charge in [-0.1, -0.05) is 49.7 Å². The van der Waals surface area contributed by atoms with Gasteiger partial charge in [0.2, 0.25) is 5.91 Å². The second-order valence-corrected chi connectivity index (χ2v) is 6.49. The molecule has 2 aromatic carbocycles. The van der Waals surface area contributed by atoms with Crippen molar-refractivity contribution in [3.8, 4) is 0 Å². The van der Waals surface area contributed by atoms with Crippen LogP contribution in [0.4, 0.5) is 4.39 Å². The van der Waals surface area contributed by atoms with Gasteiger partial charge in [-0.3, -0.25) is 4.79 Å². The number of halogens is 2. The lowest BCUT2D eigenvalue weighted by Gasteiger charge is -2.23. The van der Waals surface area contributed by atoms with Gasteiger partial charge in [-0.2, -0.15) is 0 Å². The highest BCUT2D eigenvalue weighted by atomic mass is 35.5. The third-order valence-electron chi connectivity index (χ3n) is 3.78. The number of nitrogens with one attached hydrogen (secondary N) is 2. The molecular formula is C19H22ClFN2O. The summed E-state index contributed by atoms with van der Waals surface area (Å²) in [6.45, 7) is 4.80. The van der Waals surface area contributed by atoms with Crippen molar-refractivity contribution in [3.05, 3.63) is 70.5 Å². The zero-order chi connectivity index (χ0) is 17.5. The molecule has 0 fully saturated rings. The molecule has 0 aliphatic heterocycles. The Balaban J connectivity index is 1.86. The average molecular weight is 349 g/mol. The summed E-state index contributed by atoms with van der Waals surface area (Å²) < 4.78 is 12.9. The second kappa shape index (κ2) is 8.81.